The van der Waals surface area contributed by atoms with E-state index in [0.717, 1.165) is 24.3 Å². The topological polar surface area (TPSA) is 78.7 Å². The fraction of sp³-hybridized carbons (Fsp3) is 0.500. The Kier molecular flexibility index (Phi) is 3.15. The van der Waals surface area contributed by atoms with Crippen molar-refractivity contribution in [2.24, 2.45) is 0 Å². The van der Waals surface area contributed by atoms with Gasteiger partial charge in [0.15, 0.2) is 0 Å². The Morgan fingerprint density at radius 1 is 1.44 bits per heavy atom. The molecule has 2 heterocycles. The first-order valence-corrected chi connectivity index (χ1v) is 6.21. The monoisotopic (exact) mass is 237 g/mol. The lowest BCUT2D eigenvalue weighted by molar-refractivity contribution is 0.447. The maximum absolute atomic E-state index is 11.6. The summed E-state index contributed by atoms with van der Waals surface area (Å²) >= 11 is 1.86. The van der Waals surface area contributed by atoms with Crippen molar-refractivity contribution in [3.8, 4) is 6.07 Å². The minimum atomic E-state index is -0.603. The molecule has 16 heavy (non-hydrogen) atoms. The zero-order chi connectivity index (χ0) is 11.5. The smallest absolute Gasteiger partial charge is 0.296 e. The van der Waals surface area contributed by atoms with Crippen molar-refractivity contribution in [3.63, 3.8) is 0 Å². The van der Waals surface area contributed by atoms with E-state index in [0.29, 0.717) is 0 Å². The quantitative estimate of drug-likeness (QED) is 0.770. The first kappa shape index (κ1) is 11.0. The van der Waals surface area contributed by atoms with Crippen LogP contribution in [0, 0.1) is 11.3 Å². The first-order chi connectivity index (χ1) is 7.72. The number of thioether (sulfide) groups is 1. The third kappa shape index (κ3) is 2.04. The van der Waals surface area contributed by atoms with Crippen LogP contribution in [0.5, 0.6) is 0 Å². The SMILES string of the molecule is N#Cc1cn(C2CCSCC2)c(=O)[nH]c1=O. The Hall–Kier alpha value is -1.48. The summed E-state index contributed by atoms with van der Waals surface area (Å²) in [5.74, 6) is 2.02. The summed E-state index contributed by atoms with van der Waals surface area (Å²) in [5, 5.41) is 8.74. The molecule has 0 saturated carbocycles. The van der Waals surface area contributed by atoms with Gasteiger partial charge in [0.05, 0.1) is 0 Å². The van der Waals surface area contributed by atoms with Gasteiger partial charge >= 0.3 is 5.69 Å². The zero-order valence-electron chi connectivity index (χ0n) is 8.60. The van der Waals surface area contributed by atoms with Gasteiger partial charge in [-0.15, -0.1) is 0 Å². The predicted octanol–water partition coefficient (Wildman–Crippen LogP) is 0.476. The van der Waals surface area contributed by atoms with E-state index >= 15 is 0 Å². The number of hydrogen-bond donors (Lipinski definition) is 1. The molecule has 5 nitrogen and oxygen atoms in total. The maximum Gasteiger partial charge on any atom is 0.328 e. The Labute approximate surface area is 96.1 Å². The third-order valence-corrected chi connectivity index (χ3v) is 3.72. The number of H-pyrrole nitrogens is 1. The third-order valence-electron chi connectivity index (χ3n) is 2.67. The second kappa shape index (κ2) is 4.58. The number of hydrogen-bond acceptors (Lipinski definition) is 4. The fourth-order valence-electron chi connectivity index (χ4n) is 1.80. The molecule has 0 spiro atoms. The second-order valence-electron chi connectivity index (χ2n) is 3.66. The second-order valence-corrected chi connectivity index (χ2v) is 4.89. The highest BCUT2D eigenvalue weighted by Gasteiger charge is 2.17. The van der Waals surface area contributed by atoms with Gasteiger partial charge in [-0.25, -0.2) is 4.79 Å². The summed E-state index contributed by atoms with van der Waals surface area (Å²) < 4.78 is 1.49. The molecule has 2 rings (SSSR count). The van der Waals surface area contributed by atoms with E-state index in [1.807, 2.05) is 11.8 Å². The van der Waals surface area contributed by atoms with Gasteiger partial charge in [0.2, 0.25) is 0 Å². The van der Waals surface area contributed by atoms with Crippen LogP contribution < -0.4 is 11.2 Å². The van der Waals surface area contributed by atoms with Gasteiger partial charge in [-0.2, -0.15) is 17.0 Å². The number of aromatic nitrogens is 2. The highest BCUT2D eigenvalue weighted by molar-refractivity contribution is 7.99. The largest absolute Gasteiger partial charge is 0.328 e. The molecule has 1 N–H and O–H groups in total. The molecular formula is C10H11N3O2S. The summed E-state index contributed by atoms with van der Waals surface area (Å²) in [6.07, 6.45) is 3.19. The van der Waals surface area contributed by atoms with Crippen LogP contribution in [0.4, 0.5) is 0 Å². The van der Waals surface area contributed by atoms with Crippen LogP contribution >= 0.6 is 11.8 Å². The number of nitriles is 1. The molecule has 0 radical (unpaired) electrons. The van der Waals surface area contributed by atoms with Crippen LogP contribution in [0.25, 0.3) is 0 Å². The van der Waals surface area contributed by atoms with Gasteiger partial charge in [-0.3, -0.25) is 14.3 Å². The van der Waals surface area contributed by atoms with E-state index in [4.69, 9.17) is 5.26 Å². The van der Waals surface area contributed by atoms with Gasteiger partial charge in [0.25, 0.3) is 5.56 Å². The molecule has 0 unspecified atom stereocenters. The van der Waals surface area contributed by atoms with Crippen LogP contribution in [-0.2, 0) is 0 Å². The molecule has 1 aliphatic heterocycles. The minimum absolute atomic E-state index is 0.00201. The molecule has 6 heteroatoms. The summed E-state index contributed by atoms with van der Waals surface area (Å²) in [4.78, 5) is 25.0. The molecule has 0 atom stereocenters. The van der Waals surface area contributed by atoms with Gasteiger partial charge in [-0.05, 0) is 24.3 Å². The van der Waals surface area contributed by atoms with E-state index in [9.17, 15) is 9.59 Å². The number of aromatic amines is 1. The zero-order valence-corrected chi connectivity index (χ0v) is 9.42. The van der Waals surface area contributed by atoms with Gasteiger partial charge in [0.1, 0.15) is 11.6 Å². The molecule has 0 aliphatic carbocycles. The van der Waals surface area contributed by atoms with E-state index in [2.05, 4.69) is 4.98 Å². The molecule has 0 amide bonds. The average Bonchev–Trinajstić information content (AvgIpc) is 2.30. The van der Waals surface area contributed by atoms with E-state index in [1.54, 1.807) is 6.07 Å². The molecule has 1 aliphatic rings. The van der Waals surface area contributed by atoms with Crippen molar-refractivity contribution in [1.82, 2.24) is 9.55 Å². The van der Waals surface area contributed by atoms with Crippen LogP contribution in [0.1, 0.15) is 24.4 Å². The van der Waals surface area contributed by atoms with Crippen molar-refractivity contribution < 1.29 is 0 Å². The number of nitrogens with zero attached hydrogens (tertiary/aromatic N) is 2. The van der Waals surface area contributed by atoms with Gasteiger partial charge in [0, 0.05) is 12.2 Å². The molecule has 1 fully saturated rings. The Morgan fingerprint density at radius 2 is 2.12 bits per heavy atom. The minimum Gasteiger partial charge on any atom is -0.296 e. The van der Waals surface area contributed by atoms with E-state index < -0.39 is 11.2 Å². The van der Waals surface area contributed by atoms with Gasteiger partial charge in [-0.1, -0.05) is 0 Å². The summed E-state index contributed by atoms with van der Waals surface area (Å²) in [5.41, 5.74) is -1.02. The normalized spacial score (nSPS) is 16.9. The highest BCUT2D eigenvalue weighted by atomic mass is 32.2. The lowest BCUT2D eigenvalue weighted by Gasteiger charge is -2.23. The molecule has 1 saturated heterocycles. The van der Waals surface area contributed by atoms with E-state index in [-0.39, 0.29) is 11.6 Å². The standard InChI is InChI=1S/C10H11N3O2S/c11-5-7-6-13(10(15)12-9(7)14)8-1-3-16-4-2-8/h6,8H,1-4H2,(H,12,14,15). The summed E-state index contributed by atoms with van der Waals surface area (Å²) in [7, 11) is 0. The Bertz CT molecular complexity index is 534. The summed E-state index contributed by atoms with van der Waals surface area (Å²) in [6, 6.07) is 1.90. The van der Waals surface area contributed by atoms with Crippen molar-refractivity contribution in [2.75, 3.05) is 11.5 Å². The van der Waals surface area contributed by atoms with Crippen LogP contribution in [0.3, 0.4) is 0 Å². The number of rotatable bonds is 1. The Morgan fingerprint density at radius 3 is 2.75 bits per heavy atom. The Balaban J connectivity index is 2.44. The van der Waals surface area contributed by atoms with Crippen LogP contribution in [0.2, 0.25) is 0 Å². The van der Waals surface area contributed by atoms with Crippen molar-refractivity contribution in [1.29, 1.82) is 5.26 Å². The average molecular weight is 237 g/mol. The highest BCUT2D eigenvalue weighted by Crippen LogP contribution is 2.25. The molecule has 84 valence electrons. The maximum atomic E-state index is 11.6. The molecule has 0 bridgehead atoms. The predicted molar refractivity (Wildman–Crippen MR) is 61.6 cm³/mol. The first-order valence-electron chi connectivity index (χ1n) is 5.05. The fourth-order valence-corrected chi connectivity index (χ4v) is 2.88. The lowest BCUT2D eigenvalue weighted by Crippen LogP contribution is -2.34. The number of nitrogens with one attached hydrogen (secondary N) is 1. The van der Waals surface area contributed by atoms with Crippen molar-refractivity contribution in [3.05, 3.63) is 32.6 Å². The van der Waals surface area contributed by atoms with E-state index in [1.165, 1.54) is 10.8 Å². The molecule has 1 aromatic rings. The molecule has 0 aromatic carbocycles. The molecular weight excluding hydrogens is 226 g/mol. The van der Waals surface area contributed by atoms with Gasteiger partial charge < -0.3 is 0 Å². The molecule has 1 aromatic heterocycles. The van der Waals surface area contributed by atoms with Crippen molar-refractivity contribution in [2.45, 2.75) is 18.9 Å². The lowest BCUT2D eigenvalue weighted by atomic mass is 10.1. The van der Waals surface area contributed by atoms with Crippen LogP contribution in [-0.4, -0.2) is 21.1 Å². The van der Waals surface area contributed by atoms with Crippen molar-refractivity contribution >= 4 is 11.8 Å². The van der Waals surface area contributed by atoms with Crippen LogP contribution in [0.15, 0.2) is 15.8 Å². The summed E-state index contributed by atoms with van der Waals surface area (Å²) in [6.45, 7) is 0.